The predicted octanol–water partition coefficient (Wildman–Crippen LogP) is 3.30. The molecule has 0 bridgehead atoms. The first kappa shape index (κ1) is 19.9. The first-order valence-electron chi connectivity index (χ1n) is 8.78. The van der Waals surface area contributed by atoms with Crippen molar-refractivity contribution in [3.05, 3.63) is 75.1 Å². The average molecular weight is 443 g/mol. The number of hydrogen-bond acceptors (Lipinski definition) is 6. The normalized spacial score (nSPS) is 10.9. The van der Waals surface area contributed by atoms with Crippen LogP contribution in [0.25, 0.3) is 16.8 Å². The zero-order valence-electron chi connectivity index (χ0n) is 15.7. The Morgan fingerprint density at radius 2 is 1.93 bits per heavy atom. The van der Waals surface area contributed by atoms with Gasteiger partial charge in [-0.1, -0.05) is 35.9 Å². The van der Waals surface area contributed by atoms with E-state index in [2.05, 4.69) is 10.4 Å². The highest BCUT2D eigenvalue weighted by Gasteiger charge is 2.23. The fourth-order valence-corrected chi connectivity index (χ4v) is 4.21. The molecular weight excluding hydrogens is 428 g/mol. The number of amides is 1. The van der Waals surface area contributed by atoms with Crippen molar-refractivity contribution in [1.82, 2.24) is 14.2 Å². The van der Waals surface area contributed by atoms with Crippen LogP contribution in [0, 0.1) is 0 Å². The summed E-state index contributed by atoms with van der Waals surface area (Å²) in [5, 5.41) is 9.31. The largest absolute Gasteiger partial charge is 0.465 e. The number of nitrogens with zero attached hydrogens (tertiary/aromatic N) is 3. The van der Waals surface area contributed by atoms with E-state index in [1.165, 1.54) is 22.8 Å². The number of fused-ring (bicyclic) bond motifs is 1. The number of ether oxygens (including phenoxy) is 1. The van der Waals surface area contributed by atoms with Gasteiger partial charge in [0.1, 0.15) is 17.1 Å². The highest BCUT2D eigenvalue weighted by atomic mass is 35.5. The zero-order valence-corrected chi connectivity index (χ0v) is 17.2. The third kappa shape index (κ3) is 3.60. The summed E-state index contributed by atoms with van der Waals surface area (Å²) in [6, 6.07) is 12.2. The molecule has 1 N–H and O–H groups in total. The molecule has 1 amide bonds. The molecule has 0 aliphatic heterocycles. The summed E-state index contributed by atoms with van der Waals surface area (Å²) >= 11 is 7.44. The number of hydrogen-bond donors (Lipinski definition) is 1. The molecule has 4 rings (SSSR count). The minimum absolute atomic E-state index is 0.200. The van der Waals surface area contributed by atoms with Gasteiger partial charge in [0.15, 0.2) is 5.65 Å². The van der Waals surface area contributed by atoms with Crippen molar-refractivity contribution in [3.63, 3.8) is 0 Å². The lowest BCUT2D eigenvalue weighted by Gasteiger charge is -2.08. The zero-order chi connectivity index (χ0) is 21.3. The number of anilines is 1. The first-order chi connectivity index (χ1) is 14.5. The molecule has 4 aromatic rings. The molecule has 0 radical (unpaired) electrons. The van der Waals surface area contributed by atoms with Gasteiger partial charge in [-0.15, -0.1) is 16.4 Å². The van der Waals surface area contributed by atoms with Crippen LogP contribution in [0.1, 0.15) is 10.4 Å². The van der Waals surface area contributed by atoms with Crippen molar-refractivity contribution in [3.8, 4) is 11.1 Å². The summed E-state index contributed by atoms with van der Waals surface area (Å²) in [5.41, 5.74) is 1.40. The van der Waals surface area contributed by atoms with Gasteiger partial charge in [0.05, 0.1) is 7.11 Å². The van der Waals surface area contributed by atoms with Crippen LogP contribution in [0.5, 0.6) is 0 Å². The summed E-state index contributed by atoms with van der Waals surface area (Å²) < 4.78 is 7.30. The number of pyridine rings is 1. The first-order valence-corrected chi connectivity index (χ1v) is 10.0. The van der Waals surface area contributed by atoms with Gasteiger partial charge in [-0.2, -0.15) is 0 Å². The third-order valence-electron chi connectivity index (χ3n) is 4.38. The van der Waals surface area contributed by atoms with Crippen LogP contribution in [0.3, 0.4) is 0 Å². The molecule has 152 valence electrons. The topological polar surface area (TPSA) is 94.7 Å². The molecular formula is C20H15ClN4O4S. The van der Waals surface area contributed by atoms with Gasteiger partial charge in [0, 0.05) is 27.7 Å². The molecule has 0 aliphatic rings. The van der Waals surface area contributed by atoms with Gasteiger partial charge in [-0.25, -0.2) is 14.3 Å². The number of rotatable bonds is 5. The Bertz CT molecular complexity index is 1320. The standard InChI is InChI=1S/C20H15ClN4O4S/c1-29-19(27)17-13(12-6-2-3-7-14(12)21)11-30-18(17)22-16(26)10-25-20(28)24-9-5-4-8-15(24)23-25/h2-9,11H,10H2,1H3,(H,22,26). The molecule has 1 aromatic carbocycles. The Morgan fingerprint density at radius 3 is 2.67 bits per heavy atom. The van der Waals surface area contributed by atoms with Crippen LogP contribution in [-0.2, 0) is 16.1 Å². The lowest BCUT2D eigenvalue weighted by molar-refractivity contribution is -0.116. The number of thiophene rings is 1. The second-order valence-electron chi connectivity index (χ2n) is 6.24. The third-order valence-corrected chi connectivity index (χ3v) is 5.60. The fraction of sp³-hybridized carbons (Fsp3) is 0.100. The molecule has 3 heterocycles. The molecule has 0 fully saturated rings. The maximum atomic E-state index is 12.6. The summed E-state index contributed by atoms with van der Waals surface area (Å²) in [7, 11) is 1.26. The number of methoxy groups -OCH3 is 1. The monoisotopic (exact) mass is 442 g/mol. The number of aromatic nitrogens is 3. The number of benzene rings is 1. The number of esters is 1. The van der Waals surface area contributed by atoms with Gasteiger partial charge in [-0.3, -0.25) is 9.20 Å². The molecule has 10 heteroatoms. The van der Waals surface area contributed by atoms with Crippen LogP contribution in [-0.4, -0.2) is 33.2 Å². The highest BCUT2D eigenvalue weighted by molar-refractivity contribution is 7.15. The molecule has 30 heavy (non-hydrogen) atoms. The quantitative estimate of drug-likeness (QED) is 0.478. The lowest BCUT2D eigenvalue weighted by atomic mass is 10.0. The van der Waals surface area contributed by atoms with E-state index < -0.39 is 17.6 Å². The molecule has 8 nitrogen and oxygen atoms in total. The Hall–Kier alpha value is -3.43. The number of carbonyl (C=O) groups is 2. The molecule has 0 saturated carbocycles. The predicted molar refractivity (Wildman–Crippen MR) is 114 cm³/mol. The van der Waals surface area contributed by atoms with Gasteiger partial charge in [0.25, 0.3) is 0 Å². The van der Waals surface area contributed by atoms with Gasteiger partial charge < -0.3 is 10.1 Å². The Kier molecular flexibility index (Phi) is 5.39. The van der Waals surface area contributed by atoms with Crippen molar-refractivity contribution < 1.29 is 14.3 Å². The van der Waals surface area contributed by atoms with E-state index in [0.717, 1.165) is 4.68 Å². The van der Waals surface area contributed by atoms with Crippen molar-refractivity contribution in [2.45, 2.75) is 6.54 Å². The Labute approximate surface area is 179 Å². The van der Waals surface area contributed by atoms with Crippen LogP contribution in [0.2, 0.25) is 5.02 Å². The minimum atomic E-state index is -0.605. The lowest BCUT2D eigenvalue weighted by Crippen LogP contribution is -2.28. The van der Waals surface area contributed by atoms with Crippen LogP contribution >= 0.6 is 22.9 Å². The highest BCUT2D eigenvalue weighted by Crippen LogP contribution is 2.39. The molecule has 0 spiro atoms. The Morgan fingerprint density at radius 1 is 1.17 bits per heavy atom. The Balaban J connectivity index is 1.65. The average Bonchev–Trinajstić information content (AvgIpc) is 3.29. The molecule has 0 unspecified atom stereocenters. The number of halogens is 1. The van der Waals surface area contributed by atoms with Gasteiger partial charge >= 0.3 is 11.7 Å². The van der Waals surface area contributed by atoms with E-state index in [9.17, 15) is 14.4 Å². The van der Waals surface area contributed by atoms with Crippen molar-refractivity contribution in [2.24, 2.45) is 0 Å². The number of carbonyl (C=O) groups excluding carboxylic acids is 2. The second kappa shape index (κ2) is 8.13. The number of nitrogens with one attached hydrogen (secondary N) is 1. The molecule has 0 saturated heterocycles. The van der Waals surface area contributed by atoms with E-state index >= 15 is 0 Å². The van der Waals surface area contributed by atoms with E-state index in [1.54, 1.807) is 54.0 Å². The van der Waals surface area contributed by atoms with E-state index in [0.29, 0.717) is 26.8 Å². The minimum Gasteiger partial charge on any atom is -0.465 e. The van der Waals surface area contributed by atoms with Gasteiger partial charge in [-0.05, 0) is 18.2 Å². The second-order valence-corrected chi connectivity index (χ2v) is 7.53. The summed E-state index contributed by atoms with van der Waals surface area (Å²) in [4.78, 5) is 37.4. The summed E-state index contributed by atoms with van der Waals surface area (Å²) in [6.45, 7) is -0.305. The summed E-state index contributed by atoms with van der Waals surface area (Å²) in [5.74, 6) is -1.11. The smallest absolute Gasteiger partial charge is 0.350 e. The van der Waals surface area contributed by atoms with E-state index in [1.807, 2.05) is 0 Å². The summed E-state index contributed by atoms with van der Waals surface area (Å²) in [6.07, 6.45) is 1.57. The molecule has 0 atom stereocenters. The van der Waals surface area contributed by atoms with Crippen LogP contribution < -0.4 is 11.0 Å². The van der Waals surface area contributed by atoms with E-state index in [-0.39, 0.29) is 12.1 Å². The van der Waals surface area contributed by atoms with Crippen molar-refractivity contribution in [2.75, 3.05) is 12.4 Å². The molecule has 0 aliphatic carbocycles. The van der Waals surface area contributed by atoms with Gasteiger partial charge in [0.2, 0.25) is 5.91 Å². The van der Waals surface area contributed by atoms with Crippen LogP contribution in [0.15, 0.2) is 58.8 Å². The van der Waals surface area contributed by atoms with Crippen LogP contribution in [0.4, 0.5) is 5.00 Å². The van der Waals surface area contributed by atoms with E-state index in [4.69, 9.17) is 16.3 Å². The fourth-order valence-electron chi connectivity index (χ4n) is 3.01. The molecule has 3 aromatic heterocycles. The maximum absolute atomic E-state index is 12.6. The van der Waals surface area contributed by atoms with Crippen molar-refractivity contribution >= 4 is 45.5 Å². The maximum Gasteiger partial charge on any atom is 0.350 e. The van der Waals surface area contributed by atoms with Crippen molar-refractivity contribution in [1.29, 1.82) is 0 Å². The SMILES string of the molecule is COC(=O)c1c(-c2ccccc2Cl)csc1NC(=O)Cn1nc2ccccn2c1=O.